The average Bonchev–Trinajstić information content (AvgIpc) is 3.29. The highest BCUT2D eigenvalue weighted by atomic mass is 16.7. The predicted octanol–water partition coefficient (Wildman–Crippen LogP) is 2.91. The van der Waals surface area contributed by atoms with E-state index in [4.69, 9.17) is 14.2 Å². The van der Waals surface area contributed by atoms with Crippen LogP contribution in [0.2, 0.25) is 0 Å². The van der Waals surface area contributed by atoms with E-state index in [0.29, 0.717) is 17.1 Å². The van der Waals surface area contributed by atoms with Crippen molar-refractivity contribution < 1.29 is 28.6 Å². The second kappa shape index (κ2) is 7.31. The van der Waals surface area contributed by atoms with Gasteiger partial charge in [-0.15, -0.1) is 0 Å². The number of esters is 1. The minimum atomic E-state index is -0.602. The van der Waals surface area contributed by atoms with Crippen LogP contribution in [0.3, 0.4) is 0 Å². The summed E-state index contributed by atoms with van der Waals surface area (Å²) in [5, 5.41) is 3.34. The van der Waals surface area contributed by atoms with E-state index in [1.54, 1.807) is 6.20 Å². The number of fused-ring (bicyclic) bond motifs is 2. The second-order valence-electron chi connectivity index (χ2n) is 6.60. The lowest BCUT2D eigenvalue weighted by atomic mass is 10.1. The zero-order valence-corrected chi connectivity index (χ0v) is 15.9. The Morgan fingerprint density at radius 3 is 2.59 bits per heavy atom. The molecule has 0 spiro atoms. The van der Waals surface area contributed by atoms with E-state index >= 15 is 0 Å². The van der Waals surface area contributed by atoms with Crippen LogP contribution in [0.25, 0.3) is 10.9 Å². The fraction of sp³-hybridized carbons (Fsp3) is 0.190. The largest absolute Gasteiger partial charge is 0.454 e. The van der Waals surface area contributed by atoms with Gasteiger partial charge in [0.25, 0.3) is 5.91 Å². The van der Waals surface area contributed by atoms with E-state index in [9.17, 15) is 14.4 Å². The monoisotopic (exact) mass is 394 g/mol. The third-order valence-corrected chi connectivity index (χ3v) is 4.62. The first kappa shape index (κ1) is 18.5. The number of aryl methyl sites for hydroxylation is 1. The molecule has 0 fully saturated rings. The van der Waals surface area contributed by atoms with Crippen molar-refractivity contribution in [1.29, 1.82) is 0 Å². The Labute approximate surface area is 166 Å². The third kappa shape index (κ3) is 3.52. The maximum absolute atomic E-state index is 12.5. The number of Topliss-reactive ketones (excluding diaryl/α,β-unsaturated/α-hetero) is 1. The van der Waals surface area contributed by atoms with E-state index in [2.05, 4.69) is 5.32 Å². The molecule has 0 bridgehead atoms. The number of ketones is 1. The summed E-state index contributed by atoms with van der Waals surface area (Å²) in [7, 11) is 1.83. The van der Waals surface area contributed by atoms with Crippen LogP contribution in [-0.4, -0.2) is 35.6 Å². The Hall–Kier alpha value is -3.81. The number of para-hydroxylation sites is 1. The molecule has 0 radical (unpaired) electrons. The molecule has 1 amide bonds. The standard InChI is InChI=1S/C21H18N2O6/c1-12(24)14-7-18-19(29-11-28-18)8-16(14)22-20(25)10-27-21(26)15-9-23(2)17-6-4-3-5-13(15)17/h3-9H,10-11H2,1-2H3,(H,22,25). The number of hydrogen-bond donors (Lipinski definition) is 1. The van der Waals surface area contributed by atoms with Gasteiger partial charge in [0.2, 0.25) is 6.79 Å². The van der Waals surface area contributed by atoms with E-state index < -0.39 is 18.5 Å². The molecular weight excluding hydrogens is 376 g/mol. The minimum Gasteiger partial charge on any atom is -0.454 e. The molecule has 0 aliphatic carbocycles. The summed E-state index contributed by atoms with van der Waals surface area (Å²) >= 11 is 0. The van der Waals surface area contributed by atoms with Crippen LogP contribution in [0.4, 0.5) is 5.69 Å². The highest BCUT2D eigenvalue weighted by molar-refractivity contribution is 6.07. The van der Waals surface area contributed by atoms with E-state index in [0.717, 1.165) is 10.9 Å². The van der Waals surface area contributed by atoms with Gasteiger partial charge in [0.15, 0.2) is 23.9 Å². The quantitative estimate of drug-likeness (QED) is 0.528. The van der Waals surface area contributed by atoms with Gasteiger partial charge in [0.1, 0.15) is 0 Å². The van der Waals surface area contributed by atoms with Gasteiger partial charge in [-0.05, 0) is 19.1 Å². The first-order valence-electron chi connectivity index (χ1n) is 8.89. The zero-order valence-electron chi connectivity index (χ0n) is 15.9. The molecule has 1 aliphatic rings. The lowest BCUT2D eigenvalue weighted by Crippen LogP contribution is -2.22. The molecule has 29 heavy (non-hydrogen) atoms. The highest BCUT2D eigenvalue weighted by Crippen LogP contribution is 2.37. The van der Waals surface area contributed by atoms with Gasteiger partial charge in [-0.1, -0.05) is 18.2 Å². The number of anilines is 1. The van der Waals surface area contributed by atoms with Crippen LogP contribution in [0.1, 0.15) is 27.6 Å². The summed E-state index contributed by atoms with van der Waals surface area (Å²) in [6.45, 7) is 0.939. The smallest absolute Gasteiger partial charge is 0.340 e. The Morgan fingerprint density at radius 1 is 1.10 bits per heavy atom. The molecule has 4 rings (SSSR count). The maximum Gasteiger partial charge on any atom is 0.340 e. The van der Waals surface area contributed by atoms with Crippen molar-refractivity contribution in [3.63, 3.8) is 0 Å². The molecule has 0 unspecified atom stereocenters. The van der Waals surface area contributed by atoms with Crippen LogP contribution in [0.15, 0.2) is 42.6 Å². The Kier molecular flexibility index (Phi) is 4.67. The topological polar surface area (TPSA) is 95.9 Å². The Balaban J connectivity index is 1.47. The molecular formula is C21H18N2O6. The lowest BCUT2D eigenvalue weighted by Gasteiger charge is -2.11. The Morgan fingerprint density at radius 2 is 1.83 bits per heavy atom. The highest BCUT2D eigenvalue weighted by Gasteiger charge is 2.21. The molecule has 8 nitrogen and oxygen atoms in total. The predicted molar refractivity (Wildman–Crippen MR) is 104 cm³/mol. The average molecular weight is 394 g/mol. The van der Waals surface area contributed by atoms with Gasteiger partial charge in [0.05, 0.1) is 11.3 Å². The molecule has 1 aliphatic heterocycles. The number of benzene rings is 2. The first-order valence-corrected chi connectivity index (χ1v) is 8.89. The third-order valence-electron chi connectivity index (χ3n) is 4.62. The Bertz CT molecular complexity index is 1150. The van der Waals surface area contributed by atoms with Gasteiger partial charge in [0, 0.05) is 35.8 Å². The maximum atomic E-state index is 12.5. The number of carbonyl (C=O) groups excluding carboxylic acids is 3. The van der Waals surface area contributed by atoms with Gasteiger partial charge in [-0.25, -0.2) is 4.79 Å². The number of carbonyl (C=O) groups is 3. The lowest BCUT2D eigenvalue weighted by molar-refractivity contribution is -0.119. The summed E-state index contributed by atoms with van der Waals surface area (Å²) in [6.07, 6.45) is 1.66. The number of rotatable bonds is 5. The molecule has 3 aromatic rings. The second-order valence-corrected chi connectivity index (χ2v) is 6.60. The molecule has 2 heterocycles. The van der Waals surface area contributed by atoms with Crippen molar-refractivity contribution >= 4 is 34.3 Å². The minimum absolute atomic E-state index is 0.0483. The van der Waals surface area contributed by atoms with Crippen molar-refractivity contribution in [3.05, 3.63) is 53.7 Å². The van der Waals surface area contributed by atoms with Gasteiger partial charge in [-0.2, -0.15) is 0 Å². The van der Waals surface area contributed by atoms with Crippen LogP contribution in [0.5, 0.6) is 11.5 Å². The molecule has 1 aromatic heterocycles. The molecule has 0 atom stereocenters. The number of nitrogens with zero attached hydrogens (tertiary/aromatic N) is 1. The molecule has 0 saturated heterocycles. The van der Waals surface area contributed by atoms with Crippen molar-refractivity contribution in [2.75, 3.05) is 18.7 Å². The van der Waals surface area contributed by atoms with E-state index in [1.807, 2.05) is 35.9 Å². The van der Waals surface area contributed by atoms with Gasteiger partial charge >= 0.3 is 5.97 Å². The fourth-order valence-corrected chi connectivity index (χ4v) is 3.24. The number of nitrogens with one attached hydrogen (secondary N) is 1. The summed E-state index contributed by atoms with van der Waals surface area (Å²) in [5.41, 5.74) is 1.81. The van der Waals surface area contributed by atoms with Crippen molar-refractivity contribution in [2.24, 2.45) is 7.05 Å². The van der Waals surface area contributed by atoms with Crippen LogP contribution < -0.4 is 14.8 Å². The summed E-state index contributed by atoms with van der Waals surface area (Å²) in [6, 6.07) is 10.4. The van der Waals surface area contributed by atoms with Crippen molar-refractivity contribution in [2.45, 2.75) is 6.92 Å². The zero-order chi connectivity index (χ0) is 20.5. The van der Waals surface area contributed by atoms with E-state index in [-0.39, 0.29) is 23.8 Å². The van der Waals surface area contributed by atoms with Gasteiger partial charge in [-0.3, -0.25) is 9.59 Å². The number of amides is 1. The summed E-state index contributed by atoms with van der Waals surface area (Å²) in [4.78, 5) is 36.7. The van der Waals surface area contributed by atoms with Crippen LogP contribution in [0, 0.1) is 0 Å². The van der Waals surface area contributed by atoms with Crippen LogP contribution in [-0.2, 0) is 16.6 Å². The van der Waals surface area contributed by atoms with Crippen LogP contribution >= 0.6 is 0 Å². The van der Waals surface area contributed by atoms with E-state index in [1.165, 1.54) is 19.1 Å². The summed E-state index contributed by atoms with van der Waals surface area (Å²) in [5.74, 6) is -0.547. The molecule has 0 saturated carbocycles. The van der Waals surface area contributed by atoms with Gasteiger partial charge < -0.3 is 24.1 Å². The summed E-state index contributed by atoms with van der Waals surface area (Å²) < 4.78 is 17.5. The fourth-order valence-electron chi connectivity index (χ4n) is 3.24. The first-order chi connectivity index (χ1) is 13.9. The SMILES string of the molecule is CC(=O)c1cc2c(cc1NC(=O)COC(=O)c1cn(C)c3ccccc13)OCO2. The van der Waals surface area contributed by atoms with Crippen molar-refractivity contribution in [3.8, 4) is 11.5 Å². The normalized spacial score (nSPS) is 12.1. The number of hydrogen-bond acceptors (Lipinski definition) is 6. The molecule has 8 heteroatoms. The molecule has 1 N–H and O–H groups in total. The van der Waals surface area contributed by atoms with Crippen molar-refractivity contribution in [1.82, 2.24) is 4.57 Å². The molecule has 148 valence electrons. The number of ether oxygens (including phenoxy) is 3. The molecule has 2 aromatic carbocycles. The number of aromatic nitrogens is 1.